The SMILES string of the molecule is Cc1cc(Nc2ncn(-c3cc(F)cc(F)c3)n2)cc(N2CCNC(C)C2)c1. The molecule has 1 aliphatic heterocycles. The fourth-order valence-electron chi connectivity index (χ4n) is 3.43. The number of anilines is 3. The molecular formula is C20H22F2N6. The van der Waals surface area contributed by atoms with Crippen molar-refractivity contribution in [3.63, 3.8) is 0 Å². The monoisotopic (exact) mass is 384 g/mol. The van der Waals surface area contributed by atoms with E-state index >= 15 is 0 Å². The molecule has 2 heterocycles. The first-order chi connectivity index (χ1) is 13.5. The third-order valence-corrected chi connectivity index (χ3v) is 4.66. The Bertz CT molecular complexity index is 966. The second-order valence-corrected chi connectivity index (χ2v) is 7.12. The number of piperazine rings is 1. The van der Waals surface area contributed by atoms with Gasteiger partial charge < -0.3 is 15.5 Å². The molecule has 2 N–H and O–H groups in total. The molecule has 3 aromatic rings. The first-order valence-electron chi connectivity index (χ1n) is 9.21. The first kappa shape index (κ1) is 18.4. The number of aromatic nitrogens is 3. The van der Waals surface area contributed by atoms with Gasteiger partial charge in [-0.3, -0.25) is 0 Å². The van der Waals surface area contributed by atoms with Crippen LogP contribution in [0.2, 0.25) is 0 Å². The summed E-state index contributed by atoms with van der Waals surface area (Å²) >= 11 is 0. The van der Waals surface area contributed by atoms with Crippen LogP contribution in [-0.2, 0) is 0 Å². The van der Waals surface area contributed by atoms with Gasteiger partial charge in [0.05, 0.1) is 5.69 Å². The van der Waals surface area contributed by atoms with Gasteiger partial charge in [-0.2, -0.15) is 4.98 Å². The van der Waals surface area contributed by atoms with Crippen molar-refractivity contribution in [3.05, 3.63) is 59.9 Å². The highest BCUT2D eigenvalue weighted by atomic mass is 19.1. The zero-order chi connectivity index (χ0) is 19.7. The van der Waals surface area contributed by atoms with Crippen LogP contribution in [0.1, 0.15) is 12.5 Å². The smallest absolute Gasteiger partial charge is 0.246 e. The van der Waals surface area contributed by atoms with Crippen molar-refractivity contribution in [2.45, 2.75) is 19.9 Å². The maximum absolute atomic E-state index is 13.4. The molecule has 1 saturated heterocycles. The zero-order valence-electron chi connectivity index (χ0n) is 15.8. The molecule has 1 fully saturated rings. The van der Waals surface area contributed by atoms with Crippen LogP contribution < -0.4 is 15.5 Å². The van der Waals surface area contributed by atoms with Crippen molar-refractivity contribution < 1.29 is 8.78 Å². The molecule has 1 unspecified atom stereocenters. The summed E-state index contributed by atoms with van der Waals surface area (Å²) in [6, 6.07) is 9.91. The summed E-state index contributed by atoms with van der Waals surface area (Å²) in [5.74, 6) is -0.961. The Balaban J connectivity index is 1.55. The predicted octanol–water partition coefficient (Wildman–Crippen LogP) is 3.40. The van der Waals surface area contributed by atoms with E-state index < -0.39 is 11.6 Å². The van der Waals surface area contributed by atoms with Gasteiger partial charge in [-0.25, -0.2) is 13.5 Å². The van der Waals surface area contributed by atoms with Crippen LogP contribution >= 0.6 is 0 Å². The molecule has 0 amide bonds. The van der Waals surface area contributed by atoms with Crippen LogP contribution in [0.4, 0.5) is 26.1 Å². The number of hydrogen-bond acceptors (Lipinski definition) is 5. The second kappa shape index (κ2) is 7.55. The molecule has 146 valence electrons. The lowest BCUT2D eigenvalue weighted by atomic mass is 10.1. The molecule has 28 heavy (non-hydrogen) atoms. The number of benzene rings is 2. The lowest BCUT2D eigenvalue weighted by Gasteiger charge is -2.34. The first-order valence-corrected chi connectivity index (χ1v) is 9.21. The largest absolute Gasteiger partial charge is 0.369 e. The Morgan fingerprint density at radius 2 is 1.86 bits per heavy atom. The van der Waals surface area contributed by atoms with Gasteiger partial charge in [0.2, 0.25) is 5.95 Å². The number of rotatable bonds is 4. The van der Waals surface area contributed by atoms with E-state index in [0.29, 0.717) is 12.0 Å². The van der Waals surface area contributed by atoms with Gasteiger partial charge in [0.1, 0.15) is 18.0 Å². The maximum atomic E-state index is 13.4. The normalized spacial score (nSPS) is 17.0. The van der Waals surface area contributed by atoms with E-state index in [1.165, 1.54) is 23.1 Å². The number of aryl methyl sites for hydroxylation is 1. The highest BCUT2D eigenvalue weighted by Gasteiger charge is 2.17. The standard InChI is InChI=1S/C20H22F2N6/c1-13-5-17(10-18(6-13)27-4-3-23-14(2)11-27)25-20-24-12-28(26-20)19-8-15(21)7-16(22)9-19/h5-10,12,14,23H,3-4,11H2,1-2H3,(H,25,26). The molecule has 0 aliphatic carbocycles. The second-order valence-electron chi connectivity index (χ2n) is 7.12. The minimum absolute atomic E-state index is 0.276. The molecule has 1 aliphatic rings. The van der Waals surface area contributed by atoms with E-state index in [0.717, 1.165) is 42.6 Å². The number of nitrogens with zero attached hydrogens (tertiary/aromatic N) is 4. The van der Waals surface area contributed by atoms with Crippen molar-refractivity contribution in [1.29, 1.82) is 0 Å². The highest BCUT2D eigenvalue weighted by Crippen LogP contribution is 2.25. The summed E-state index contributed by atoms with van der Waals surface area (Å²) < 4.78 is 28.2. The fourth-order valence-corrected chi connectivity index (χ4v) is 3.43. The summed E-state index contributed by atoms with van der Waals surface area (Å²) in [6.45, 7) is 7.06. The minimum Gasteiger partial charge on any atom is -0.369 e. The fraction of sp³-hybridized carbons (Fsp3) is 0.300. The number of halogens is 2. The lowest BCUT2D eigenvalue weighted by molar-refractivity contribution is 0.485. The van der Waals surface area contributed by atoms with Gasteiger partial charge in [0, 0.05) is 43.1 Å². The van der Waals surface area contributed by atoms with Crippen LogP contribution in [0.15, 0.2) is 42.7 Å². The molecule has 0 spiro atoms. The third-order valence-electron chi connectivity index (χ3n) is 4.66. The quantitative estimate of drug-likeness (QED) is 0.722. The molecular weight excluding hydrogens is 362 g/mol. The zero-order valence-corrected chi connectivity index (χ0v) is 15.8. The highest BCUT2D eigenvalue weighted by molar-refractivity contribution is 5.64. The van der Waals surface area contributed by atoms with Crippen LogP contribution in [0.5, 0.6) is 0 Å². The molecule has 0 bridgehead atoms. The summed E-state index contributed by atoms with van der Waals surface area (Å²) in [5, 5.41) is 10.9. The summed E-state index contributed by atoms with van der Waals surface area (Å²) in [4.78, 5) is 6.55. The van der Waals surface area contributed by atoms with Gasteiger partial charge >= 0.3 is 0 Å². The van der Waals surface area contributed by atoms with E-state index in [1.54, 1.807) is 0 Å². The summed E-state index contributed by atoms with van der Waals surface area (Å²) in [7, 11) is 0. The number of nitrogens with one attached hydrogen (secondary N) is 2. The molecule has 2 aromatic carbocycles. The third kappa shape index (κ3) is 4.12. The van der Waals surface area contributed by atoms with Crippen molar-refractivity contribution in [1.82, 2.24) is 20.1 Å². The summed E-state index contributed by atoms with van der Waals surface area (Å²) in [5.41, 5.74) is 3.41. The molecule has 1 aromatic heterocycles. The Labute approximate surface area is 162 Å². The van der Waals surface area contributed by atoms with Gasteiger partial charge in [0.25, 0.3) is 0 Å². The van der Waals surface area contributed by atoms with E-state index in [9.17, 15) is 8.78 Å². The van der Waals surface area contributed by atoms with Gasteiger partial charge in [-0.05, 0) is 49.7 Å². The Hall–Kier alpha value is -3.00. The lowest BCUT2D eigenvalue weighted by Crippen LogP contribution is -2.49. The van der Waals surface area contributed by atoms with E-state index in [4.69, 9.17) is 0 Å². The van der Waals surface area contributed by atoms with Crippen molar-refractivity contribution >= 4 is 17.3 Å². The van der Waals surface area contributed by atoms with E-state index in [1.807, 2.05) is 13.0 Å². The molecule has 0 radical (unpaired) electrons. The van der Waals surface area contributed by atoms with Crippen LogP contribution in [-0.4, -0.2) is 40.4 Å². The van der Waals surface area contributed by atoms with E-state index in [-0.39, 0.29) is 5.69 Å². The number of hydrogen-bond donors (Lipinski definition) is 2. The molecule has 1 atom stereocenters. The topological polar surface area (TPSA) is 58.0 Å². The molecule has 6 nitrogen and oxygen atoms in total. The Kier molecular flexibility index (Phi) is 4.95. The molecule has 8 heteroatoms. The van der Waals surface area contributed by atoms with Crippen LogP contribution in [0.25, 0.3) is 5.69 Å². The minimum atomic E-state index is -0.659. The van der Waals surface area contributed by atoms with Gasteiger partial charge in [0.15, 0.2) is 0 Å². The van der Waals surface area contributed by atoms with Gasteiger partial charge in [-0.1, -0.05) is 0 Å². The Morgan fingerprint density at radius 1 is 1.07 bits per heavy atom. The molecule has 4 rings (SSSR count). The molecule has 0 saturated carbocycles. The average Bonchev–Trinajstić information content (AvgIpc) is 3.09. The average molecular weight is 384 g/mol. The maximum Gasteiger partial charge on any atom is 0.246 e. The van der Waals surface area contributed by atoms with Gasteiger partial charge in [-0.15, -0.1) is 5.10 Å². The van der Waals surface area contributed by atoms with Crippen LogP contribution in [0.3, 0.4) is 0 Å². The van der Waals surface area contributed by atoms with Crippen molar-refractivity contribution in [2.75, 3.05) is 29.9 Å². The van der Waals surface area contributed by atoms with E-state index in [2.05, 4.69) is 44.7 Å². The Morgan fingerprint density at radius 3 is 2.61 bits per heavy atom. The van der Waals surface area contributed by atoms with Crippen molar-refractivity contribution in [2.24, 2.45) is 0 Å². The predicted molar refractivity (Wildman–Crippen MR) is 105 cm³/mol. The van der Waals surface area contributed by atoms with Crippen molar-refractivity contribution in [3.8, 4) is 5.69 Å². The summed E-state index contributed by atoms with van der Waals surface area (Å²) in [6.07, 6.45) is 1.42. The van der Waals surface area contributed by atoms with Crippen LogP contribution in [0, 0.1) is 18.6 Å².